The van der Waals surface area contributed by atoms with Crippen LogP contribution in [0.25, 0.3) is 0 Å². The molecule has 3 unspecified atom stereocenters. The van der Waals surface area contributed by atoms with E-state index in [1.807, 2.05) is 0 Å². The second kappa shape index (κ2) is 9.25. The first-order valence-corrected chi connectivity index (χ1v) is 6.83. The summed E-state index contributed by atoms with van der Waals surface area (Å²) in [5, 5.41) is 6.25. The van der Waals surface area contributed by atoms with Gasteiger partial charge in [0.15, 0.2) is 0 Å². The Bertz CT molecular complexity index is 263. The fourth-order valence-electron chi connectivity index (χ4n) is 2.09. The van der Waals surface area contributed by atoms with Gasteiger partial charge in [-0.1, -0.05) is 6.92 Å². The topological polar surface area (TPSA) is 68.8 Å². The van der Waals surface area contributed by atoms with Crippen molar-refractivity contribution in [3.05, 3.63) is 0 Å². The van der Waals surface area contributed by atoms with E-state index in [1.165, 1.54) is 0 Å². The van der Waals surface area contributed by atoms with E-state index in [0.29, 0.717) is 26.4 Å². The van der Waals surface area contributed by atoms with E-state index in [2.05, 4.69) is 17.6 Å². The first-order chi connectivity index (χ1) is 9.22. The third-order valence-electron chi connectivity index (χ3n) is 3.26. The van der Waals surface area contributed by atoms with Crippen LogP contribution in [-0.4, -0.2) is 65.2 Å². The Kier molecular flexibility index (Phi) is 7.97. The average Bonchev–Trinajstić information content (AvgIpc) is 2.89. The first kappa shape index (κ1) is 16.4. The summed E-state index contributed by atoms with van der Waals surface area (Å²) in [5.41, 5.74) is 0. The Hall–Kier alpha value is -0.690. The van der Waals surface area contributed by atoms with Crippen LogP contribution in [0.5, 0.6) is 0 Å². The fourth-order valence-corrected chi connectivity index (χ4v) is 2.09. The number of rotatable bonds is 9. The molecular formula is C13H26N2O4. The van der Waals surface area contributed by atoms with Crippen molar-refractivity contribution in [3.8, 4) is 0 Å². The minimum Gasteiger partial charge on any atom is -0.382 e. The van der Waals surface area contributed by atoms with Crippen LogP contribution < -0.4 is 10.6 Å². The van der Waals surface area contributed by atoms with E-state index in [9.17, 15) is 4.79 Å². The van der Waals surface area contributed by atoms with Gasteiger partial charge in [0.2, 0.25) is 5.91 Å². The number of ether oxygens (including phenoxy) is 3. The highest BCUT2D eigenvalue weighted by Crippen LogP contribution is 2.14. The van der Waals surface area contributed by atoms with Crippen molar-refractivity contribution in [3.63, 3.8) is 0 Å². The van der Waals surface area contributed by atoms with Gasteiger partial charge in [0, 0.05) is 26.8 Å². The predicted molar refractivity (Wildman–Crippen MR) is 72.1 cm³/mol. The lowest BCUT2D eigenvalue weighted by molar-refractivity contribution is -0.126. The van der Waals surface area contributed by atoms with Gasteiger partial charge in [-0.25, -0.2) is 0 Å². The highest BCUT2D eigenvalue weighted by atomic mass is 16.5. The summed E-state index contributed by atoms with van der Waals surface area (Å²) < 4.78 is 15.6. The van der Waals surface area contributed by atoms with Gasteiger partial charge in [0.05, 0.1) is 31.8 Å². The number of hydrogen-bond acceptors (Lipinski definition) is 5. The summed E-state index contributed by atoms with van der Waals surface area (Å²) in [4.78, 5) is 12.1. The standard InChI is InChI=1S/C13H26N2O4/c1-4-5-14-12-9-19-8-11(12)13(16)15-6-10(18-3)7-17-2/h10-12,14H,4-9H2,1-3H3,(H,15,16). The number of methoxy groups -OCH3 is 2. The summed E-state index contributed by atoms with van der Waals surface area (Å²) >= 11 is 0. The molecule has 1 fully saturated rings. The molecule has 0 aromatic rings. The molecule has 0 saturated carbocycles. The quantitative estimate of drug-likeness (QED) is 0.608. The molecule has 0 spiro atoms. The molecule has 6 heteroatoms. The van der Waals surface area contributed by atoms with E-state index < -0.39 is 0 Å². The van der Waals surface area contributed by atoms with Gasteiger partial charge in [-0.05, 0) is 13.0 Å². The first-order valence-electron chi connectivity index (χ1n) is 6.83. The zero-order valence-electron chi connectivity index (χ0n) is 12.1. The number of nitrogens with one attached hydrogen (secondary N) is 2. The van der Waals surface area contributed by atoms with Gasteiger partial charge in [0.25, 0.3) is 0 Å². The fraction of sp³-hybridized carbons (Fsp3) is 0.923. The van der Waals surface area contributed by atoms with Crippen LogP contribution in [0, 0.1) is 5.92 Å². The number of hydrogen-bond donors (Lipinski definition) is 2. The van der Waals surface area contributed by atoms with Crippen LogP contribution in [-0.2, 0) is 19.0 Å². The molecule has 3 atom stereocenters. The van der Waals surface area contributed by atoms with Crippen molar-refractivity contribution in [1.82, 2.24) is 10.6 Å². The van der Waals surface area contributed by atoms with Gasteiger partial charge >= 0.3 is 0 Å². The minimum absolute atomic E-state index is 0.0178. The largest absolute Gasteiger partial charge is 0.382 e. The molecule has 1 saturated heterocycles. The molecule has 1 aliphatic heterocycles. The van der Waals surface area contributed by atoms with Crippen molar-refractivity contribution in [2.75, 3.05) is 47.1 Å². The average molecular weight is 274 g/mol. The highest BCUT2D eigenvalue weighted by molar-refractivity contribution is 5.79. The Labute approximate surface area is 115 Å². The van der Waals surface area contributed by atoms with Crippen LogP contribution in [0.2, 0.25) is 0 Å². The van der Waals surface area contributed by atoms with Gasteiger partial charge < -0.3 is 24.8 Å². The van der Waals surface area contributed by atoms with Crippen molar-refractivity contribution in [1.29, 1.82) is 0 Å². The van der Waals surface area contributed by atoms with Crippen molar-refractivity contribution >= 4 is 5.91 Å². The van der Waals surface area contributed by atoms with Gasteiger partial charge in [0.1, 0.15) is 0 Å². The maximum atomic E-state index is 12.1. The Balaban J connectivity index is 2.34. The molecule has 0 radical (unpaired) electrons. The predicted octanol–water partition coefficient (Wildman–Crippen LogP) is -0.221. The number of carbonyl (C=O) groups excluding carboxylic acids is 1. The summed E-state index contributed by atoms with van der Waals surface area (Å²) in [6.45, 7) is 5.02. The Morgan fingerprint density at radius 1 is 1.42 bits per heavy atom. The van der Waals surface area contributed by atoms with Gasteiger partial charge in [-0.15, -0.1) is 0 Å². The molecular weight excluding hydrogens is 248 g/mol. The molecule has 1 heterocycles. The molecule has 19 heavy (non-hydrogen) atoms. The monoisotopic (exact) mass is 274 g/mol. The van der Waals surface area contributed by atoms with Gasteiger partial charge in [-0.2, -0.15) is 0 Å². The molecule has 2 N–H and O–H groups in total. The lowest BCUT2D eigenvalue weighted by Crippen LogP contribution is -2.46. The SMILES string of the molecule is CCCNC1COCC1C(=O)NCC(COC)OC. The van der Waals surface area contributed by atoms with E-state index in [-0.39, 0.29) is 24.0 Å². The molecule has 0 aromatic carbocycles. The Morgan fingerprint density at radius 2 is 2.21 bits per heavy atom. The third-order valence-corrected chi connectivity index (χ3v) is 3.26. The number of carbonyl (C=O) groups is 1. The molecule has 1 amide bonds. The summed E-state index contributed by atoms with van der Waals surface area (Å²) in [7, 11) is 3.23. The second-order valence-corrected chi connectivity index (χ2v) is 4.76. The van der Waals surface area contributed by atoms with Crippen LogP contribution >= 0.6 is 0 Å². The lowest BCUT2D eigenvalue weighted by atomic mass is 10.0. The second-order valence-electron chi connectivity index (χ2n) is 4.76. The molecule has 112 valence electrons. The van der Waals surface area contributed by atoms with Crippen LogP contribution in [0.15, 0.2) is 0 Å². The maximum Gasteiger partial charge on any atom is 0.227 e. The van der Waals surface area contributed by atoms with Crippen LogP contribution in [0.1, 0.15) is 13.3 Å². The zero-order chi connectivity index (χ0) is 14.1. The van der Waals surface area contributed by atoms with Crippen molar-refractivity contribution < 1.29 is 19.0 Å². The normalized spacial score (nSPS) is 24.4. The van der Waals surface area contributed by atoms with Gasteiger partial charge in [-0.3, -0.25) is 4.79 Å². The zero-order valence-corrected chi connectivity index (χ0v) is 12.1. The lowest BCUT2D eigenvalue weighted by Gasteiger charge is -2.20. The summed E-state index contributed by atoms with van der Waals surface area (Å²) in [6.07, 6.45) is 0.933. The third kappa shape index (κ3) is 5.44. The minimum atomic E-state index is -0.119. The van der Waals surface area contributed by atoms with E-state index in [0.717, 1.165) is 13.0 Å². The van der Waals surface area contributed by atoms with E-state index in [1.54, 1.807) is 14.2 Å². The number of amides is 1. The summed E-state index contributed by atoms with van der Waals surface area (Å²) in [5.74, 6) is -0.101. The molecule has 0 aromatic heterocycles. The van der Waals surface area contributed by atoms with Crippen molar-refractivity contribution in [2.45, 2.75) is 25.5 Å². The van der Waals surface area contributed by atoms with Crippen LogP contribution in [0.4, 0.5) is 0 Å². The van der Waals surface area contributed by atoms with E-state index >= 15 is 0 Å². The van der Waals surface area contributed by atoms with Crippen LogP contribution in [0.3, 0.4) is 0 Å². The van der Waals surface area contributed by atoms with E-state index in [4.69, 9.17) is 14.2 Å². The molecule has 1 rings (SSSR count). The van der Waals surface area contributed by atoms with Crippen molar-refractivity contribution in [2.24, 2.45) is 5.92 Å². The molecule has 6 nitrogen and oxygen atoms in total. The smallest absolute Gasteiger partial charge is 0.227 e. The highest BCUT2D eigenvalue weighted by Gasteiger charge is 2.33. The Morgan fingerprint density at radius 3 is 2.84 bits per heavy atom. The molecule has 0 bridgehead atoms. The summed E-state index contributed by atoms with van der Waals surface area (Å²) in [6, 6.07) is 0.114. The molecule has 1 aliphatic rings. The maximum absolute atomic E-state index is 12.1. The molecule has 0 aliphatic carbocycles.